The molecule has 1 aliphatic carbocycles. The number of nitrogens with one attached hydrogen (secondary N) is 1. The van der Waals surface area contributed by atoms with Gasteiger partial charge in [0.1, 0.15) is 0 Å². The largest absolute Gasteiger partial charge is 0.372 e. The minimum absolute atomic E-state index is 0.556. The molecular formula is C8H15NO. The molecule has 10 heavy (non-hydrogen) atoms. The van der Waals surface area contributed by atoms with Crippen molar-refractivity contribution < 1.29 is 4.74 Å². The molecule has 2 fully saturated rings. The van der Waals surface area contributed by atoms with Gasteiger partial charge in [0.25, 0.3) is 0 Å². The molecule has 2 heteroatoms. The number of hydrogen-bond acceptors (Lipinski definition) is 2. The highest BCUT2D eigenvalue weighted by molar-refractivity contribution is 4.78. The van der Waals surface area contributed by atoms with Crippen LogP contribution < -0.4 is 5.32 Å². The van der Waals surface area contributed by atoms with Crippen LogP contribution in [0, 0.1) is 0 Å². The van der Waals surface area contributed by atoms with Gasteiger partial charge in [-0.05, 0) is 12.8 Å². The van der Waals surface area contributed by atoms with Gasteiger partial charge in [0, 0.05) is 12.6 Å². The maximum Gasteiger partial charge on any atom is 0.0934 e. The van der Waals surface area contributed by atoms with Gasteiger partial charge in [-0.15, -0.1) is 0 Å². The molecule has 0 bridgehead atoms. The molecule has 1 heterocycles. The molecule has 1 saturated carbocycles. The Kier molecular flexibility index (Phi) is 1.91. The zero-order chi connectivity index (χ0) is 6.81. The maximum atomic E-state index is 5.11. The van der Waals surface area contributed by atoms with Crippen LogP contribution in [0.15, 0.2) is 0 Å². The predicted molar refractivity (Wildman–Crippen MR) is 40.0 cm³/mol. The molecule has 2 aliphatic rings. The van der Waals surface area contributed by atoms with Crippen LogP contribution in [0.3, 0.4) is 0 Å². The first kappa shape index (κ1) is 6.62. The van der Waals surface area contributed by atoms with Gasteiger partial charge in [0.05, 0.1) is 12.7 Å². The molecule has 1 unspecified atom stereocenters. The van der Waals surface area contributed by atoms with E-state index >= 15 is 0 Å². The molecule has 1 saturated heterocycles. The predicted octanol–water partition coefficient (Wildman–Crippen LogP) is 0.917. The Hall–Kier alpha value is -0.0800. The summed E-state index contributed by atoms with van der Waals surface area (Å²) in [6.45, 7) is 2.07. The Balaban J connectivity index is 1.59. The van der Waals surface area contributed by atoms with Crippen molar-refractivity contribution in [2.24, 2.45) is 0 Å². The third-order valence-electron chi connectivity index (χ3n) is 2.39. The molecule has 0 aromatic rings. The highest BCUT2D eigenvalue weighted by Crippen LogP contribution is 2.18. The van der Waals surface area contributed by atoms with Crippen LogP contribution in [-0.2, 0) is 4.74 Å². The molecule has 0 amide bonds. The molecule has 0 aromatic heterocycles. The summed E-state index contributed by atoms with van der Waals surface area (Å²) in [6.07, 6.45) is 6.16. The van der Waals surface area contributed by atoms with Crippen molar-refractivity contribution in [2.45, 2.75) is 37.8 Å². The van der Waals surface area contributed by atoms with Gasteiger partial charge in [-0.1, -0.05) is 12.8 Å². The van der Waals surface area contributed by atoms with Crippen molar-refractivity contribution in [3.63, 3.8) is 0 Å². The van der Waals surface area contributed by atoms with Crippen LogP contribution in [0.1, 0.15) is 25.7 Å². The smallest absolute Gasteiger partial charge is 0.0934 e. The molecule has 58 valence electrons. The van der Waals surface area contributed by atoms with Crippen LogP contribution in [-0.4, -0.2) is 25.3 Å². The van der Waals surface area contributed by atoms with E-state index in [1.54, 1.807) is 0 Å². The van der Waals surface area contributed by atoms with Gasteiger partial charge in [-0.3, -0.25) is 0 Å². The molecule has 1 atom stereocenters. The topological polar surface area (TPSA) is 24.6 Å². The molecule has 0 radical (unpaired) electrons. The summed E-state index contributed by atoms with van der Waals surface area (Å²) in [5.41, 5.74) is 0. The van der Waals surface area contributed by atoms with Crippen LogP contribution in [0.5, 0.6) is 0 Å². The monoisotopic (exact) mass is 141 g/mol. The van der Waals surface area contributed by atoms with Crippen molar-refractivity contribution in [3.05, 3.63) is 0 Å². The quantitative estimate of drug-likeness (QED) is 0.591. The van der Waals surface area contributed by atoms with E-state index < -0.39 is 0 Å². The fraction of sp³-hybridized carbons (Fsp3) is 1.00. The summed E-state index contributed by atoms with van der Waals surface area (Å²) < 4.78 is 5.11. The number of ether oxygens (including phenoxy) is 1. The number of epoxide rings is 1. The second-order valence-corrected chi connectivity index (χ2v) is 3.34. The van der Waals surface area contributed by atoms with Crippen molar-refractivity contribution in [1.82, 2.24) is 5.32 Å². The molecule has 2 nitrogen and oxygen atoms in total. The van der Waals surface area contributed by atoms with E-state index in [1.807, 2.05) is 0 Å². The molecule has 0 spiro atoms. The van der Waals surface area contributed by atoms with Gasteiger partial charge in [-0.25, -0.2) is 0 Å². The lowest BCUT2D eigenvalue weighted by Crippen LogP contribution is -2.29. The Bertz CT molecular complexity index is 106. The third kappa shape index (κ3) is 1.70. The number of rotatable bonds is 3. The molecule has 1 N–H and O–H groups in total. The average molecular weight is 141 g/mol. The van der Waals surface area contributed by atoms with E-state index in [-0.39, 0.29) is 0 Å². The Morgan fingerprint density at radius 3 is 2.60 bits per heavy atom. The second-order valence-electron chi connectivity index (χ2n) is 3.34. The summed E-state index contributed by atoms with van der Waals surface area (Å²) >= 11 is 0. The van der Waals surface area contributed by atoms with Crippen LogP contribution in [0.2, 0.25) is 0 Å². The minimum Gasteiger partial charge on any atom is -0.372 e. The maximum absolute atomic E-state index is 5.11. The fourth-order valence-corrected chi connectivity index (χ4v) is 1.61. The van der Waals surface area contributed by atoms with Crippen LogP contribution in [0.25, 0.3) is 0 Å². The highest BCUT2D eigenvalue weighted by atomic mass is 16.6. The first-order chi connectivity index (χ1) is 4.95. The van der Waals surface area contributed by atoms with E-state index in [9.17, 15) is 0 Å². The minimum atomic E-state index is 0.556. The lowest BCUT2D eigenvalue weighted by Gasteiger charge is -2.08. The lowest BCUT2D eigenvalue weighted by atomic mass is 10.2. The Morgan fingerprint density at radius 2 is 2.00 bits per heavy atom. The van der Waals surface area contributed by atoms with Crippen molar-refractivity contribution >= 4 is 0 Å². The molecule has 0 aromatic carbocycles. The van der Waals surface area contributed by atoms with Crippen LogP contribution in [0.4, 0.5) is 0 Å². The van der Waals surface area contributed by atoms with E-state index in [0.29, 0.717) is 6.10 Å². The summed E-state index contributed by atoms with van der Waals surface area (Å²) in [4.78, 5) is 0. The SMILES string of the molecule is C1CCC(NCC2CO2)C1. The van der Waals surface area contributed by atoms with E-state index in [0.717, 1.165) is 19.2 Å². The van der Waals surface area contributed by atoms with Crippen LogP contribution >= 0.6 is 0 Å². The molecule has 1 aliphatic heterocycles. The van der Waals surface area contributed by atoms with E-state index in [2.05, 4.69) is 5.32 Å². The third-order valence-corrected chi connectivity index (χ3v) is 2.39. The standard InChI is InChI=1S/C8H15NO/c1-2-4-7(3-1)9-5-8-6-10-8/h7-9H,1-6H2. The second kappa shape index (κ2) is 2.89. The summed E-state index contributed by atoms with van der Waals surface area (Å²) in [7, 11) is 0. The Labute approximate surface area is 61.9 Å². The zero-order valence-corrected chi connectivity index (χ0v) is 6.31. The number of hydrogen-bond donors (Lipinski definition) is 1. The fourth-order valence-electron chi connectivity index (χ4n) is 1.61. The zero-order valence-electron chi connectivity index (χ0n) is 6.31. The summed E-state index contributed by atoms with van der Waals surface area (Å²) in [5, 5.41) is 3.52. The van der Waals surface area contributed by atoms with Gasteiger partial charge in [0.15, 0.2) is 0 Å². The normalized spacial score (nSPS) is 33.0. The van der Waals surface area contributed by atoms with Gasteiger partial charge >= 0.3 is 0 Å². The highest BCUT2D eigenvalue weighted by Gasteiger charge is 2.24. The van der Waals surface area contributed by atoms with Crippen molar-refractivity contribution in [2.75, 3.05) is 13.2 Å². The van der Waals surface area contributed by atoms with Crippen molar-refractivity contribution in [3.8, 4) is 0 Å². The summed E-state index contributed by atoms with van der Waals surface area (Å²) in [5.74, 6) is 0. The molecule has 2 rings (SSSR count). The lowest BCUT2D eigenvalue weighted by molar-refractivity contribution is 0.382. The first-order valence-corrected chi connectivity index (χ1v) is 4.30. The van der Waals surface area contributed by atoms with Gasteiger partial charge in [0.2, 0.25) is 0 Å². The summed E-state index contributed by atoms with van der Waals surface area (Å²) in [6, 6.07) is 0.809. The van der Waals surface area contributed by atoms with E-state index in [1.165, 1.54) is 25.7 Å². The Morgan fingerprint density at radius 1 is 1.30 bits per heavy atom. The van der Waals surface area contributed by atoms with Gasteiger partial charge in [-0.2, -0.15) is 0 Å². The molecular weight excluding hydrogens is 126 g/mol. The first-order valence-electron chi connectivity index (χ1n) is 4.30. The van der Waals surface area contributed by atoms with Crippen molar-refractivity contribution in [1.29, 1.82) is 0 Å². The average Bonchev–Trinajstić information content (AvgIpc) is 2.63. The van der Waals surface area contributed by atoms with Gasteiger partial charge < -0.3 is 10.1 Å². The van der Waals surface area contributed by atoms with E-state index in [4.69, 9.17) is 4.74 Å².